The smallest absolute Gasteiger partial charge is 0.201 e. The third-order valence-corrected chi connectivity index (χ3v) is 4.44. The number of aliphatic hydroxyl groups excluding tert-OH is 1. The van der Waals surface area contributed by atoms with Gasteiger partial charge in [0.05, 0.1) is 12.7 Å². The van der Waals surface area contributed by atoms with E-state index in [0.717, 1.165) is 5.56 Å². The van der Waals surface area contributed by atoms with Crippen LogP contribution in [0.2, 0.25) is 0 Å². The average molecular weight is 402 g/mol. The number of halogens is 3. The number of ether oxygens (including phenoxy) is 2. The van der Waals surface area contributed by atoms with Crippen LogP contribution in [0.5, 0.6) is 11.5 Å². The first kappa shape index (κ1) is 20.7. The summed E-state index contributed by atoms with van der Waals surface area (Å²) in [6.45, 7) is 3.59. The van der Waals surface area contributed by atoms with Gasteiger partial charge >= 0.3 is 0 Å². The summed E-state index contributed by atoms with van der Waals surface area (Å²) < 4.78 is 53.0. The second kappa shape index (κ2) is 9.01. The summed E-state index contributed by atoms with van der Waals surface area (Å²) in [6, 6.07) is 13.8. The molecule has 0 aromatic heterocycles. The Labute approximate surface area is 167 Å². The van der Waals surface area contributed by atoms with Crippen LogP contribution in [-0.4, -0.2) is 11.7 Å². The molecule has 1 atom stereocenters. The van der Waals surface area contributed by atoms with E-state index in [1.165, 1.54) is 24.3 Å². The first-order chi connectivity index (χ1) is 13.9. The number of rotatable bonds is 7. The van der Waals surface area contributed by atoms with Gasteiger partial charge in [-0.3, -0.25) is 0 Å². The molecule has 0 saturated heterocycles. The van der Waals surface area contributed by atoms with Crippen molar-refractivity contribution in [1.82, 2.24) is 0 Å². The highest BCUT2D eigenvalue weighted by Gasteiger charge is 2.15. The molecule has 1 N–H and O–H groups in total. The molecular weight excluding hydrogens is 381 g/mol. The standard InChI is InChI=1S/C23H21F3O3/c1-3-28-21-11-9-18(22(25)23(21)26)16-6-4-15(5-7-16)13-29-20-10-8-17(14(2)27)12-19(20)24/h4-12,14,27H,3,13H2,1-2H3. The molecule has 3 aromatic carbocycles. The summed E-state index contributed by atoms with van der Waals surface area (Å²) in [5.41, 5.74) is 1.82. The molecule has 0 fully saturated rings. The van der Waals surface area contributed by atoms with Crippen molar-refractivity contribution in [1.29, 1.82) is 0 Å². The van der Waals surface area contributed by atoms with E-state index in [1.807, 2.05) is 0 Å². The maximum Gasteiger partial charge on any atom is 0.201 e. The van der Waals surface area contributed by atoms with Crippen LogP contribution >= 0.6 is 0 Å². The maximum atomic E-state index is 14.3. The van der Waals surface area contributed by atoms with Gasteiger partial charge in [0.2, 0.25) is 5.82 Å². The molecule has 0 aliphatic heterocycles. The van der Waals surface area contributed by atoms with Crippen LogP contribution in [-0.2, 0) is 6.61 Å². The van der Waals surface area contributed by atoms with Gasteiger partial charge in [0.1, 0.15) is 6.61 Å². The summed E-state index contributed by atoms with van der Waals surface area (Å²) in [5.74, 6) is -2.61. The van der Waals surface area contributed by atoms with Gasteiger partial charge in [-0.2, -0.15) is 4.39 Å². The Morgan fingerprint density at radius 2 is 1.55 bits per heavy atom. The van der Waals surface area contributed by atoms with Gasteiger partial charge in [0, 0.05) is 5.56 Å². The lowest BCUT2D eigenvalue weighted by atomic mass is 10.0. The highest BCUT2D eigenvalue weighted by atomic mass is 19.2. The summed E-state index contributed by atoms with van der Waals surface area (Å²) in [7, 11) is 0. The molecule has 29 heavy (non-hydrogen) atoms. The Bertz CT molecular complexity index is 985. The molecule has 0 bridgehead atoms. The third kappa shape index (κ3) is 4.71. The van der Waals surface area contributed by atoms with Crippen molar-refractivity contribution in [3.63, 3.8) is 0 Å². The normalized spacial score (nSPS) is 11.9. The van der Waals surface area contributed by atoms with Gasteiger partial charge < -0.3 is 14.6 Å². The molecule has 0 heterocycles. The molecule has 3 rings (SSSR count). The first-order valence-corrected chi connectivity index (χ1v) is 9.21. The van der Waals surface area contributed by atoms with E-state index in [1.54, 1.807) is 44.2 Å². The average Bonchev–Trinajstić information content (AvgIpc) is 2.71. The van der Waals surface area contributed by atoms with Crippen LogP contribution in [0.25, 0.3) is 11.1 Å². The van der Waals surface area contributed by atoms with Gasteiger partial charge in [0.15, 0.2) is 23.1 Å². The number of benzene rings is 3. The van der Waals surface area contributed by atoms with Crippen LogP contribution in [0.3, 0.4) is 0 Å². The van der Waals surface area contributed by atoms with E-state index >= 15 is 0 Å². The second-order valence-electron chi connectivity index (χ2n) is 6.52. The fourth-order valence-corrected chi connectivity index (χ4v) is 2.86. The van der Waals surface area contributed by atoms with Crippen LogP contribution in [0.15, 0.2) is 54.6 Å². The predicted molar refractivity (Wildman–Crippen MR) is 104 cm³/mol. The zero-order valence-corrected chi connectivity index (χ0v) is 16.1. The fraction of sp³-hybridized carbons (Fsp3) is 0.217. The summed E-state index contributed by atoms with van der Waals surface area (Å²) in [6.07, 6.45) is -0.765. The van der Waals surface area contributed by atoms with Crippen molar-refractivity contribution >= 4 is 0 Å². The second-order valence-corrected chi connectivity index (χ2v) is 6.52. The van der Waals surface area contributed by atoms with Crippen LogP contribution in [0.1, 0.15) is 31.1 Å². The van der Waals surface area contributed by atoms with Crippen LogP contribution < -0.4 is 9.47 Å². The minimum Gasteiger partial charge on any atom is -0.491 e. The van der Waals surface area contributed by atoms with Gasteiger partial charge in [0.25, 0.3) is 0 Å². The van der Waals surface area contributed by atoms with Crippen molar-refractivity contribution in [2.24, 2.45) is 0 Å². The Balaban J connectivity index is 1.72. The van der Waals surface area contributed by atoms with Crippen molar-refractivity contribution in [2.45, 2.75) is 26.6 Å². The molecular formula is C23H21F3O3. The van der Waals surface area contributed by atoms with E-state index in [4.69, 9.17) is 9.47 Å². The number of hydrogen-bond donors (Lipinski definition) is 1. The molecule has 0 radical (unpaired) electrons. The quantitative estimate of drug-likeness (QED) is 0.543. The third-order valence-electron chi connectivity index (χ3n) is 4.44. The Kier molecular flexibility index (Phi) is 6.44. The predicted octanol–water partition coefficient (Wildman–Crippen LogP) is 5.80. The zero-order valence-electron chi connectivity index (χ0n) is 16.1. The number of hydrogen-bond acceptors (Lipinski definition) is 3. The number of aliphatic hydroxyl groups is 1. The molecule has 0 saturated carbocycles. The van der Waals surface area contributed by atoms with Crippen molar-refractivity contribution in [2.75, 3.05) is 6.61 Å². The largest absolute Gasteiger partial charge is 0.491 e. The van der Waals surface area contributed by atoms with Gasteiger partial charge in [-0.15, -0.1) is 0 Å². The molecule has 152 valence electrons. The SMILES string of the molecule is CCOc1ccc(-c2ccc(COc3ccc(C(C)O)cc3F)cc2)c(F)c1F. The Morgan fingerprint density at radius 3 is 2.17 bits per heavy atom. The molecule has 1 unspecified atom stereocenters. The summed E-state index contributed by atoms with van der Waals surface area (Å²) in [4.78, 5) is 0. The highest BCUT2D eigenvalue weighted by Crippen LogP contribution is 2.30. The topological polar surface area (TPSA) is 38.7 Å². The van der Waals surface area contributed by atoms with Gasteiger partial charge in [-0.1, -0.05) is 30.3 Å². The molecule has 0 amide bonds. The van der Waals surface area contributed by atoms with Crippen LogP contribution in [0.4, 0.5) is 13.2 Å². The maximum absolute atomic E-state index is 14.3. The molecule has 0 spiro atoms. The molecule has 3 aromatic rings. The fourth-order valence-electron chi connectivity index (χ4n) is 2.86. The lowest BCUT2D eigenvalue weighted by Gasteiger charge is -2.11. The van der Waals surface area contributed by atoms with E-state index in [-0.39, 0.29) is 30.3 Å². The van der Waals surface area contributed by atoms with E-state index in [0.29, 0.717) is 11.1 Å². The van der Waals surface area contributed by atoms with E-state index in [9.17, 15) is 18.3 Å². The zero-order chi connectivity index (χ0) is 21.0. The monoisotopic (exact) mass is 402 g/mol. The van der Waals surface area contributed by atoms with Crippen LogP contribution in [0, 0.1) is 17.5 Å². The lowest BCUT2D eigenvalue weighted by molar-refractivity contribution is 0.198. The molecule has 0 aliphatic rings. The molecule has 0 aliphatic carbocycles. The first-order valence-electron chi connectivity index (χ1n) is 9.21. The van der Waals surface area contributed by atoms with Crippen molar-refractivity contribution in [3.05, 3.63) is 83.2 Å². The van der Waals surface area contributed by atoms with E-state index < -0.39 is 23.6 Å². The summed E-state index contributed by atoms with van der Waals surface area (Å²) in [5, 5.41) is 9.48. The summed E-state index contributed by atoms with van der Waals surface area (Å²) >= 11 is 0. The Hall–Kier alpha value is -2.99. The lowest BCUT2D eigenvalue weighted by Crippen LogP contribution is -2.00. The van der Waals surface area contributed by atoms with Crippen molar-refractivity contribution < 1.29 is 27.8 Å². The molecule has 3 nitrogen and oxygen atoms in total. The molecule has 6 heteroatoms. The highest BCUT2D eigenvalue weighted by molar-refractivity contribution is 5.65. The van der Waals surface area contributed by atoms with Gasteiger partial charge in [-0.25, -0.2) is 8.78 Å². The van der Waals surface area contributed by atoms with Crippen molar-refractivity contribution in [3.8, 4) is 22.6 Å². The Morgan fingerprint density at radius 1 is 0.862 bits per heavy atom. The van der Waals surface area contributed by atoms with Gasteiger partial charge in [-0.05, 0) is 54.8 Å². The minimum absolute atomic E-state index is 0.0677. The minimum atomic E-state index is -1.02. The van der Waals surface area contributed by atoms with E-state index in [2.05, 4.69) is 0 Å².